The van der Waals surface area contributed by atoms with E-state index in [1.165, 1.54) is 6.26 Å². The summed E-state index contributed by atoms with van der Waals surface area (Å²) in [6.07, 6.45) is 4.55. The SMILES string of the molecule is CC(C)(N)C(=O)N1CCC2(CC1)c1nc[nH]c1CCN2S(C)(=O)=O.Cl.Cl. The second-order valence-corrected chi connectivity index (χ2v) is 9.27. The van der Waals surface area contributed by atoms with Gasteiger partial charge < -0.3 is 15.6 Å². The molecule has 8 nitrogen and oxygen atoms in total. The molecule has 0 aromatic carbocycles. The average Bonchev–Trinajstić information content (AvgIpc) is 2.95. The number of aromatic amines is 1. The Morgan fingerprint density at radius 3 is 2.35 bits per heavy atom. The molecule has 2 aliphatic heterocycles. The number of fused-ring (bicyclic) bond motifs is 2. The highest BCUT2D eigenvalue weighted by atomic mass is 35.5. The highest BCUT2D eigenvalue weighted by Gasteiger charge is 2.51. The number of piperidine rings is 1. The Balaban J connectivity index is 0.00000169. The van der Waals surface area contributed by atoms with E-state index in [0.717, 1.165) is 11.4 Å². The smallest absolute Gasteiger partial charge is 0.242 e. The Labute approximate surface area is 166 Å². The van der Waals surface area contributed by atoms with Crippen molar-refractivity contribution in [2.75, 3.05) is 25.9 Å². The van der Waals surface area contributed by atoms with Crippen LogP contribution in [0, 0.1) is 0 Å². The average molecular weight is 428 g/mol. The molecule has 2 aliphatic rings. The van der Waals surface area contributed by atoms with Crippen molar-refractivity contribution < 1.29 is 13.2 Å². The lowest BCUT2D eigenvalue weighted by Crippen LogP contribution is -2.61. The number of imidazole rings is 1. The van der Waals surface area contributed by atoms with Gasteiger partial charge in [-0.3, -0.25) is 4.79 Å². The molecule has 11 heteroatoms. The van der Waals surface area contributed by atoms with Gasteiger partial charge in [0.2, 0.25) is 15.9 Å². The zero-order valence-corrected chi connectivity index (χ0v) is 17.6. The van der Waals surface area contributed by atoms with Crippen LogP contribution in [-0.4, -0.2) is 64.9 Å². The summed E-state index contributed by atoms with van der Waals surface area (Å²) < 4.78 is 26.3. The summed E-state index contributed by atoms with van der Waals surface area (Å²) in [5.74, 6) is -0.110. The van der Waals surface area contributed by atoms with Crippen molar-refractivity contribution in [1.29, 1.82) is 0 Å². The number of hydrogen-bond acceptors (Lipinski definition) is 5. The Hall–Kier alpha value is -0.870. The second-order valence-electron chi connectivity index (χ2n) is 7.36. The summed E-state index contributed by atoms with van der Waals surface area (Å²) >= 11 is 0. The Kier molecular flexibility index (Phi) is 6.80. The number of nitrogens with two attached hydrogens (primary N) is 1. The molecule has 1 spiro atoms. The minimum absolute atomic E-state index is 0. The van der Waals surface area contributed by atoms with E-state index in [9.17, 15) is 13.2 Å². The van der Waals surface area contributed by atoms with Gasteiger partial charge in [0.1, 0.15) is 0 Å². The van der Waals surface area contributed by atoms with E-state index < -0.39 is 21.1 Å². The third-order valence-corrected chi connectivity index (χ3v) is 6.36. The summed E-state index contributed by atoms with van der Waals surface area (Å²) in [5.41, 5.74) is 6.12. The highest BCUT2D eigenvalue weighted by Crippen LogP contribution is 2.43. The van der Waals surface area contributed by atoms with Gasteiger partial charge in [0.25, 0.3) is 0 Å². The van der Waals surface area contributed by atoms with Crippen molar-refractivity contribution in [3.8, 4) is 0 Å². The molecule has 1 saturated heterocycles. The molecular weight excluding hydrogens is 401 g/mol. The number of likely N-dealkylation sites (tertiary alicyclic amines) is 1. The van der Waals surface area contributed by atoms with E-state index in [-0.39, 0.29) is 30.7 Å². The molecule has 26 heavy (non-hydrogen) atoms. The molecular formula is C15H27Cl2N5O3S. The van der Waals surface area contributed by atoms with Crippen LogP contribution in [-0.2, 0) is 26.8 Å². The lowest BCUT2D eigenvalue weighted by Gasteiger charge is -2.49. The third-order valence-electron chi connectivity index (χ3n) is 5.03. The number of nitrogens with zero attached hydrogens (tertiary/aromatic N) is 3. The van der Waals surface area contributed by atoms with Gasteiger partial charge in [-0.05, 0) is 26.7 Å². The molecule has 3 N–H and O–H groups in total. The zero-order chi connectivity index (χ0) is 17.8. The largest absolute Gasteiger partial charge is 0.348 e. The van der Waals surface area contributed by atoms with Crippen LogP contribution >= 0.6 is 24.8 Å². The zero-order valence-electron chi connectivity index (χ0n) is 15.2. The quantitative estimate of drug-likeness (QED) is 0.718. The van der Waals surface area contributed by atoms with E-state index in [1.54, 1.807) is 29.4 Å². The number of sulfonamides is 1. The number of carbonyl (C=O) groups is 1. The first-order chi connectivity index (χ1) is 11.1. The topological polar surface area (TPSA) is 112 Å². The van der Waals surface area contributed by atoms with Crippen molar-refractivity contribution in [1.82, 2.24) is 19.2 Å². The maximum absolute atomic E-state index is 12.4. The van der Waals surface area contributed by atoms with Crippen LogP contribution in [0.3, 0.4) is 0 Å². The molecule has 0 unspecified atom stereocenters. The molecule has 0 radical (unpaired) electrons. The molecule has 0 saturated carbocycles. The van der Waals surface area contributed by atoms with E-state index >= 15 is 0 Å². The first kappa shape index (κ1) is 23.2. The molecule has 0 bridgehead atoms. The molecule has 0 atom stereocenters. The standard InChI is InChI=1S/C15H25N5O3S.2ClH/c1-14(2,16)13(21)19-8-5-15(6-9-19)12-11(17-10-18-12)4-7-20(15)24(3,22)23;;/h10H,4-9,16H2,1-3H3,(H,17,18);2*1H. The van der Waals surface area contributed by atoms with Crippen molar-refractivity contribution in [3.63, 3.8) is 0 Å². The second kappa shape index (κ2) is 7.63. The minimum Gasteiger partial charge on any atom is -0.348 e. The van der Waals surface area contributed by atoms with Gasteiger partial charge in [-0.15, -0.1) is 24.8 Å². The van der Waals surface area contributed by atoms with Crippen molar-refractivity contribution in [2.24, 2.45) is 5.73 Å². The normalized spacial score (nSPS) is 20.1. The van der Waals surface area contributed by atoms with Gasteiger partial charge in [0.15, 0.2) is 0 Å². The van der Waals surface area contributed by atoms with Crippen molar-refractivity contribution in [3.05, 3.63) is 17.7 Å². The van der Waals surface area contributed by atoms with Gasteiger partial charge in [-0.1, -0.05) is 0 Å². The van der Waals surface area contributed by atoms with Crippen LogP contribution in [0.5, 0.6) is 0 Å². The summed E-state index contributed by atoms with van der Waals surface area (Å²) in [6, 6.07) is 0. The Morgan fingerprint density at radius 1 is 1.27 bits per heavy atom. The molecule has 3 rings (SSSR count). The van der Waals surface area contributed by atoms with Gasteiger partial charge >= 0.3 is 0 Å². The number of halogens is 2. The van der Waals surface area contributed by atoms with Crippen LogP contribution in [0.25, 0.3) is 0 Å². The van der Waals surface area contributed by atoms with Gasteiger partial charge in [-0.25, -0.2) is 13.4 Å². The Bertz CT molecular complexity index is 752. The highest BCUT2D eigenvalue weighted by molar-refractivity contribution is 7.88. The molecule has 1 fully saturated rings. The molecule has 150 valence electrons. The monoisotopic (exact) mass is 427 g/mol. The third kappa shape index (κ3) is 3.87. The van der Waals surface area contributed by atoms with E-state index in [4.69, 9.17) is 5.73 Å². The predicted octanol–water partition coefficient (Wildman–Crippen LogP) is 0.626. The molecule has 1 amide bonds. The fourth-order valence-electron chi connectivity index (χ4n) is 3.91. The maximum Gasteiger partial charge on any atom is 0.242 e. The maximum atomic E-state index is 12.4. The molecule has 0 aliphatic carbocycles. The van der Waals surface area contributed by atoms with E-state index in [1.807, 2.05) is 0 Å². The predicted molar refractivity (Wildman–Crippen MR) is 104 cm³/mol. The fourth-order valence-corrected chi connectivity index (χ4v) is 5.24. The number of amides is 1. The summed E-state index contributed by atoms with van der Waals surface area (Å²) in [6.45, 7) is 4.75. The molecule has 1 aromatic rings. The first-order valence-corrected chi connectivity index (χ1v) is 9.99. The van der Waals surface area contributed by atoms with Gasteiger partial charge in [0.05, 0.1) is 29.4 Å². The molecule has 3 heterocycles. The number of aromatic nitrogens is 2. The lowest BCUT2D eigenvalue weighted by atomic mass is 9.80. The number of rotatable bonds is 2. The number of hydrogen-bond donors (Lipinski definition) is 2. The van der Waals surface area contributed by atoms with Crippen molar-refractivity contribution in [2.45, 2.75) is 44.2 Å². The van der Waals surface area contributed by atoms with Gasteiger partial charge in [-0.2, -0.15) is 4.31 Å². The summed E-state index contributed by atoms with van der Waals surface area (Å²) in [4.78, 5) is 21.7. The van der Waals surface area contributed by atoms with Crippen LogP contribution in [0.4, 0.5) is 0 Å². The Morgan fingerprint density at radius 2 is 1.85 bits per heavy atom. The fraction of sp³-hybridized carbons (Fsp3) is 0.733. The van der Waals surface area contributed by atoms with E-state index in [0.29, 0.717) is 38.9 Å². The van der Waals surface area contributed by atoms with Crippen LogP contribution in [0.1, 0.15) is 38.1 Å². The van der Waals surface area contributed by atoms with Crippen LogP contribution < -0.4 is 5.73 Å². The summed E-state index contributed by atoms with van der Waals surface area (Å²) in [7, 11) is -3.37. The number of nitrogens with one attached hydrogen (secondary N) is 1. The van der Waals surface area contributed by atoms with E-state index in [2.05, 4.69) is 9.97 Å². The van der Waals surface area contributed by atoms with Crippen molar-refractivity contribution >= 4 is 40.7 Å². The lowest BCUT2D eigenvalue weighted by molar-refractivity contribution is -0.138. The van der Waals surface area contributed by atoms with Crippen LogP contribution in [0.15, 0.2) is 6.33 Å². The number of H-pyrrole nitrogens is 1. The minimum atomic E-state index is -3.37. The first-order valence-electron chi connectivity index (χ1n) is 8.14. The molecule has 1 aromatic heterocycles. The summed E-state index contributed by atoms with van der Waals surface area (Å²) in [5, 5.41) is 0. The number of carbonyl (C=O) groups excluding carboxylic acids is 1. The van der Waals surface area contributed by atoms with Gasteiger partial charge in [0, 0.05) is 31.7 Å². The van der Waals surface area contributed by atoms with Crippen LogP contribution in [0.2, 0.25) is 0 Å².